The van der Waals surface area contributed by atoms with Gasteiger partial charge >= 0.3 is 0 Å². The van der Waals surface area contributed by atoms with Crippen molar-refractivity contribution in [2.24, 2.45) is 5.92 Å². The molecule has 0 saturated carbocycles. The minimum atomic E-state index is 0.307. The second-order valence-corrected chi connectivity index (χ2v) is 5.37. The molecule has 0 aromatic rings. The van der Waals surface area contributed by atoms with E-state index in [1.807, 2.05) is 23.7 Å². The van der Waals surface area contributed by atoms with Crippen LogP contribution in [0.5, 0.6) is 0 Å². The van der Waals surface area contributed by atoms with Crippen molar-refractivity contribution in [1.29, 1.82) is 0 Å². The maximum atomic E-state index is 12.0. The van der Waals surface area contributed by atoms with Crippen LogP contribution in [0, 0.1) is 5.92 Å². The largest absolute Gasteiger partial charge is 0.340 e. The molecule has 0 radical (unpaired) electrons. The average molecular weight is 214 g/mol. The van der Waals surface area contributed by atoms with Gasteiger partial charge in [0.1, 0.15) is 0 Å². The Hall–Kier alpha value is -0.220. The molecule has 0 unspecified atom stereocenters. The van der Waals surface area contributed by atoms with E-state index in [4.69, 9.17) is 0 Å². The maximum absolute atomic E-state index is 12.0. The number of nitrogens with one attached hydrogen (secondary N) is 1. The highest BCUT2D eigenvalue weighted by molar-refractivity contribution is 7.99. The Balaban J connectivity index is 1.85. The Morgan fingerprint density at radius 1 is 1.36 bits per heavy atom. The Kier molecular flexibility index (Phi) is 3.34. The summed E-state index contributed by atoms with van der Waals surface area (Å²) in [7, 11) is 1.95. The highest BCUT2D eigenvalue weighted by atomic mass is 32.2. The second-order valence-electron chi connectivity index (χ2n) is 4.15. The summed E-state index contributed by atoms with van der Waals surface area (Å²) in [6.07, 6.45) is 2.15. The summed E-state index contributed by atoms with van der Waals surface area (Å²) >= 11 is 1.97. The molecule has 0 spiro atoms. The first-order chi connectivity index (χ1) is 6.79. The fourth-order valence-electron chi connectivity index (χ4n) is 1.96. The summed E-state index contributed by atoms with van der Waals surface area (Å²) in [5.41, 5.74) is 0. The van der Waals surface area contributed by atoms with Crippen LogP contribution in [0.25, 0.3) is 0 Å². The highest BCUT2D eigenvalue weighted by Crippen LogP contribution is 2.24. The van der Waals surface area contributed by atoms with Gasteiger partial charge in [0.05, 0.1) is 6.04 Å². The number of hydrogen-bond acceptors (Lipinski definition) is 3. The lowest BCUT2D eigenvalue weighted by Gasteiger charge is -2.38. The summed E-state index contributed by atoms with van der Waals surface area (Å²) in [5, 5.41) is 3.20. The minimum Gasteiger partial charge on any atom is -0.340 e. The number of thioether (sulfide) groups is 1. The average Bonchev–Trinajstić information content (AvgIpc) is 2.15. The predicted molar refractivity (Wildman–Crippen MR) is 59.5 cm³/mol. The lowest BCUT2D eigenvalue weighted by atomic mass is 9.99. The van der Waals surface area contributed by atoms with Gasteiger partial charge in [-0.25, -0.2) is 0 Å². The van der Waals surface area contributed by atoms with Crippen molar-refractivity contribution in [1.82, 2.24) is 10.2 Å². The van der Waals surface area contributed by atoms with Crippen LogP contribution < -0.4 is 5.32 Å². The first-order valence-electron chi connectivity index (χ1n) is 5.34. The molecule has 0 bridgehead atoms. The van der Waals surface area contributed by atoms with Gasteiger partial charge in [-0.1, -0.05) is 0 Å². The van der Waals surface area contributed by atoms with Crippen LogP contribution in [0.15, 0.2) is 0 Å². The summed E-state index contributed by atoms with van der Waals surface area (Å²) in [6.45, 7) is 1.95. The van der Waals surface area contributed by atoms with Crippen molar-refractivity contribution in [2.45, 2.75) is 18.9 Å². The molecule has 2 aliphatic rings. The van der Waals surface area contributed by atoms with Gasteiger partial charge in [0.15, 0.2) is 0 Å². The molecule has 1 N–H and O–H groups in total. The summed E-state index contributed by atoms with van der Waals surface area (Å²) in [6, 6.07) is 0.456. The summed E-state index contributed by atoms with van der Waals surface area (Å²) in [4.78, 5) is 14.0. The molecule has 14 heavy (non-hydrogen) atoms. The molecule has 4 heteroatoms. The number of carbonyl (C=O) groups excluding carboxylic acids is 1. The van der Waals surface area contributed by atoms with Crippen molar-refractivity contribution in [2.75, 3.05) is 31.6 Å². The Labute approximate surface area is 89.6 Å². The molecular formula is C10H18N2OS. The molecular weight excluding hydrogens is 196 g/mol. The van der Waals surface area contributed by atoms with Crippen LogP contribution in [-0.2, 0) is 4.79 Å². The molecule has 2 aliphatic heterocycles. The fourth-order valence-corrected chi connectivity index (χ4v) is 3.07. The van der Waals surface area contributed by atoms with Gasteiger partial charge in [-0.2, -0.15) is 11.8 Å². The van der Waals surface area contributed by atoms with E-state index in [9.17, 15) is 4.79 Å². The number of rotatable bonds is 2. The number of amides is 1. The third-order valence-electron chi connectivity index (χ3n) is 3.23. The fraction of sp³-hybridized carbons (Fsp3) is 0.900. The second kappa shape index (κ2) is 4.53. The van der Waals surface area contributed by atoms with Gasteiger partial charge in [0.2, 0.25) is 5.91 Å². The zero-order chi connectivity index (χ0) is 9.97. The van der Waals surface area contributed by atoms with Gasteiger partial charge in [-0.05, 0) is 24.3 Å². The Morgan fingerprint density at radius 2 is 2.00 bits per heavy atom. The van der Waals surface area contributed by atoms with Crippen LogP contribution >= 0.6 is 11.8 Å². The van der Waals surface area contributed by atoms with Crippen LogP contribution in [0.1, 0.15) is 12.8 Å². The quantitative estimate of drug-likeness (QED) is 0.729. The van der Waals surface area contributed by atoms with Crippen molar-refractivity contribution < 1.29 is 4.79 Å². The lowest BCUT2D eigenvalue weighted by Crippen LogP contribution is -2.58. The first kappa shape index (κ1) is 10.3. The van der Waals surface area contributed by atoms with E-state index in [-0.39, 0.29) is 0 Å². The van der Waals surface area contributed by atoms with Gasteiger partial charge in [0, 0.05) is 26.1 Å². The maximum Gasteiger partial charge on any atom is 0.225 e. The topological polar surface area (TPSA) is 32.3 Å². The molecule has 3 nitrogen and oxygen atoms in total. The summed E-state index contributed by atoms with van der Waals surface area (Å²) in [5.74, 6) is 3.00. The van der Waals surface area contributed by atoms with Crippen molar-refractivity contribution in [3.63, 3.8) is 0 Å². The summed E-state index contributed by atoms with van der Waals surface area (Å²) < 4.78 is 0. The number of nitrogens with zero attached hydrogens (tertiary/aromatic N) is 1. The van der Waals surface area contributed by atoms with Gasteiger partial charge in [-0.15, -0.1) is 0 Å². The van der Waals surface area contributed by atoms with E-state index >= 15 is 0 Å². The molecule has 1 amide bonds. The third kappa shape index (κ3) is 2.06. The molecule has 0 aromatic heterocycles. The number of carbonyl (C=O) groups is 1. The van der Waals surface area contributed by atoms with E-state index in [0.29, 0.717) is 17.9 Å². The molecule has 2 rings (SSSR count). The van der Waals surface area contributed by atoms with Gasteiger partial charge in [0.25, 0.3) is 0 Å². The number of likely N-dealkylation sites (N-methyl/N-ethyl adjacent to an activating group) is 1. The molecule has 2 heterocycles. The monoisotopic (exact) mass is 214 g/mol. The molecule has 80 valence electrons. The Bertz CT molecular complexity index is 208. The molecule has 0 aliphatic carbocycles. The van der Waals surface area contributed by atoms with E-state index < -0.39 is 0 Å². The Morgan fingerprint density at radius 3 is 2.50 bits per heavy atom. The zero-order valence-electron chi connectivity index (χ0n) is 8.66. The molecule has 0 aromatic carbocycles. The molecule has 2 saturated heterocycles. The van der Waals surface area contributed by atoms with Gasteiger partial charge in [-0.3, -0.25) is 4.79 Å². The van der Waals surface area contributed by atoms with E-state index in [2.05, 4.69) is 5.32 Å². The smallest absolute Gasteiger partial charge is 0.225 e. The van der Waals surface area contributed by atoms with E-state index in [1.165, 1.54) is 0 Å². The van der Waals surface area contributed by atoms with Crippen LogP contribution in [-0.4, -0.2) is 48.5 Å². The highest BCUT2D eigenvalue weighted by Gasteiger charge is 2.30. The molecule has 2 fully saturated rings. The SMILES string of the molecule is CN(C(=O)C1CCSCC1)C1CNC1. The zero-order valence-corrected chi connectivity index (χ0v) is 9.48. The third-order valence-corrected chi connectivity index (χ3v) is 4.27. The van der Waals surface area contributed by atoms with Crippen molar-refractivity contribution in [3.05, 3.63) is 0 Å². The number of hydrogen-bond donors (Lipinski definition) is 1. The van der Waals surface area contributed by atoms with E-state index in [1.54, 1.807) is 0 Å². The predicted octanol–water partition coefficient (Wildman–Crippen LogP) is 0.560. The van der Waals surface area contributed by atoms with Crippen molar-refractivity contribution in [3.8, 4) is 0 Å². The van der Waals surface area contributed by atoms with Crippen LogP contribution in [0.3, 0.4) is 0 Å². The van der Waals surface area contributed by atoms with Gasteiger partial charge < -0.3 is 10.2 Å². The minimum absolute atomic E-state index is 0.307. The molecule has 0 atom stereocenters. The van der Waals surface area contributed by atoms with Crippen LogP contribution in [0.2, 0.25) is 0 Å². The standard InChI is InChI=1S/C10H18N2OS/c1-12(9-6-11-7-9)10(13)8-2-4-14-5-3-8/h8-9,11H,2-7H2,1H3. The normalized spacial score (nSPS) is 24.4. The van der Waals surface area contributed by atoms with Crippen molar-refractivity contribution >= 4 is 17.7 Å². The van der Waals surface area contributed by atoms with E-state index in [0.717, 1.165) is 37.4 Å². The first-order valence-corrected chi connectivity index (χ1v) is 6.49. The lowest BCUT2D eigenvalue weighted by molar-refractivity contribution is -0.137. The van der Waals surface area contributed by atoms with Crippen LogP contribution in [0.4, 0.5) is 0 Å².